The standard InChI is InChI=1S/C38H27OP/c39-31-19-25-34(26-20-31)40(32-21-15-29(16-22-32)37-13-5-9-27-7-1-3-11-35(27)37)33-23-17-30(18-24-33)38-14-6-10-28-8-2-4-12-36(28)38/h1-26,39H. The van der Waals surface area contributed by atoms with Gasteiger partial charge in [0.1, 0.15) is 5.75 Å². The van der Waals surface area contributed by atoms with Gasteiger partial charge in [-0.05, 0) is 79.8 Å². The molecule has 0 aliphatic heterocycles. The lowest BCUT2D eigenvalue weighted by Gasteiger charge is -2.20. The third kappa shape index (κ3) is 4.56. The molecular formula is C38H27OP. The van der Waals surface area contributed by atoms with E-state index in [1.165, 1.54) is 59.7 Å². The lowest BCUT2D eigenvalue weighted by Crippen LogP contribution is -2.20. The van der Waals surface area contributed by atoms with Crippen molar-refractivity contribution in [3.05, 3.63) is 158 Å². The van der Waals surface area contributed by atoms with E-state index in [2.05, 4.69) is 146 Å². The second kappa shape index (κ2) is 10.5. The van der Waals surface area contributed by atoms with Crippen LogP contribution < -0.4 is 15.9 Å². The summed E-state index contributed by atoms with van der Waals surface area (Å²) >= 11 is 0. The first kappa shape index (κ1) is 24.3. The molecule has 0 saturated carbocycles. The number of aromatic hydroxyl groups is 1. The molecule has 0 radical (unpaired) electrons. The predicted octanol–water partition coefficient (Wildman–Crippen LogP) is 8.79. The van der Waals surface area contributed by atoms with Crippen molar-refractivity contribution in [2.45, 2.75) is 0 Å². The Balaban J connectivity index is 1.29. The molecular weight excluding hydrogens is 503 g/mol. The third-order valence-corrected chi connectivity index (χ3v) is 10.0. The molecule has 0 amide bonds. The minimum atomic E-state index is -0.801. The Hall–Kier alpha value is -4.71. The Bertz CT molecular complexity index is 1810. The van der Waals surface area contributed by atoms with Gasteiger partial charge in [0.15, 0.2) is 0 Å². The predicted molar refractivity (Wildman–Crippen MR) is 173 cm³/mol. The quantitative estimate of drug-likeness (QED) is 0.221. The van der Waals surface area contributed by atoms with E-state index >= 15 is 0 Å². The second-order valence-electron chi connectivity index (χ2n) is 10.00. The molecule has 0 atom stereocenters. The summed E-state index contributed by atoms with van der Waals surface area (Å²) < 4.78 is 0. The van der Waals surface area contributed by atoms with Crippen molar-refractivity contribution in [1.29, 1.82) is 0 Å². The number of phenolic OH excluding ortho intramolecular Hbond substituents is 1. The van der Waals surface area contributed by atoms with Crippen molar-refractivity contribution in [3.63, 3.8) is 0 Å². The monoisotopic (exact) mass is 530 g/mol. The van der Waals surface area contributed by atoms with Crippen LogP contribution in [0.25, 0.3) is 43.8 Å². The molecule has 0 aromatic heterocycles. The Morgan fingerprint density at radius 2 is 0.725 bits per heavy atom. The molecule has 0 spiro atoms. The van der Waals surface area contributed by atoms with Gasteiger partial charge in [-0.2, -0.15) is 0 Å². The Labute approximate surface area is 235 Å². The third-order valence-electron chi connectivity index (χ3n) is 7.56. The van der Waals surface area contributed by atoms with Gasteiger partial charge in [0.2, 0.25) is 0 Å². The molecule has 0 saturated heterocycles. The van der Waals surface area contributed by atoms with Crippen molar-refractivity contribution < 1.29 is 5.11 Å². The SMILES string of the molecule is Oc1ccc(P(c2ccc(-c3cccc4ccccc34)cc2)c2ccc(-c3cccc4ccccc34)cc2)cc1. The van der Waals surface area contributed by atoms with Gasteiger partial charge in [-0.15, -0.1) is 0 Å². The molecule has 0 aliphatic carbocycles. The Kier molecular flexibility index (Phi) is 6.36. The molecule has 7 rings (SSSR count). The molecule has 7 aromatic carbocycles. The highest BCUT2D eigenvalue weighted by molar-refractivity contribution is 7.79. The zero-order valence-electron chi connectivity index (χ0n) is 21.9. The first-order valence-electron chi connectivity index (χ1n) is 13.5. The highest BCUT2D eigenvalue weighted by atomic mass is 31.1. The molecule has 0 unspecified atom stereocenters. The van der Waals surface area contributed by atoms with Crippen LogP contribution >= 0.6 is 7.92 Å². The normalized spacial score (nSPS) is 11.3. The maximum absolute atomic E-state index is 9.98. The fraction of sp³-hybridized carbons (Fsp3) is 0. The van der Waals surface area contributed by atoms with Crippen LogP contribution in [0.4, 0.5) is 0 Å². The fourth-order valence-electron chi connectivity index (χ4n) is 5.58. The first-order valence-corrected chi connectivity index (χ1v) is 14.8. The van der Waals surface area contributed by atoms with Gasteiger partial charge in [0.25, 0.3) is 0 Å². The molecule has 1 N–H and O–H groups in total. The molecule has 0 fully saturated rings. The van der Waals surface area contributed by atoms with E-state index in [0.29, 0.717) is 0 Å². The van der Waals surface area contributed by atoms with Crippen LogP contribution in [0.5, 0.6) is 5.75 Å². The molecule has 1 nitrogen and oxygen atoms in total. The largest absolute Gasteiger partial charge is 0.508 e. The van der Waals surface area contributed by atoms with Crippen LogP contribution in [0.15, 0.2) is 158 Å². The first-order chi connectivity index (χ1) is 19.7. The number of hydrogen-bond acceptors (Lipinski definition) is 1. The number of phenols is 1. The van der Waals surface area contributed by atoms with Crippen LogP contribution in [0.1, 0.15) is 0 Å². The van der Waals surface area contributed by atoms with E-state index in [4.69, 9.17) is 0 Å². The van der Waals surface area contributed by atoms with Gasteiger partial charge in [-0.3, -0.25) is 0 Å². The summed E-state index contributed by atoms with van der Waals surface area (Å²) in [6.07, 6.45) is 0. The Morgan fingerprint density at radius 3 is 1.18 bits per heavy atom. The number of benzene rings is 7. The van der Waals surface area contributed by atoms with Crippen LogP contribution in [0.2, 0.25) is 0 Å². The minimum absolute atomic E-state index is 0.288. The van der Waals surface area contributed by atoms with Crippen molar-refractivity contribution in [1.82, 2.24) is 0 Å². The number of fused-ring (bicyclic) bond motifs is 2. The van der Waals surface area contributed by atoms with E-state index in [-0.39, 0.29) is 5.75 Å². The summed E-state index contributed by atoms with van der Waals surface area (Å²) in [5.74, 6) is 0.288. The van der Waals surface area contributed by atoms with Crippen molar-refractivity contribution in [2.24, 2.45) is 0 Å². The van der Waals surface area contributed by atoms with E-state index in [1.54, 1.807) is 12.1 Å². The van der Waals surface area contributed by atoms with Crippen molar-refractivity contribution in [2.75, 3.05) is 0 Å². The van der Waals surface area contributed by atoms with E-state index in [0.717, 1.165) is 0 Å². The number of hydrogen-bond donors (Lipinski definition) is 1. The molecule has 0 aliphatic rings. The fourth-order valence-corrected chi connectivity index (χ4v) is 7.82. The molecule has 7 aromatic rings. The highest BCUT2D eigenvalue weighted by Crippen LogP contribution is 2.36. The summed E-state index contributed by atoms with van der Waals surface area (Å²) in [5, 5.41) is 18.8. The topological polar surface area (TPSA) is 20.2 Å². The van der Waals surface area contributed by atoms with Gasteiger partial charge in [0.05, 0.1) is 0 Å². The van der Waals surface area contributed by atoms with Gasteiger partial charge >= 0.3 is 0 Å². The van der Waals surface area contributed by atoms with Crippen LogP contribution in [0.3, 0.4) is 0 Å². The Morgan fingerprint density at radius 1 is 0.350 bits per heavy atom. The van der Waals surface area contributed by atoms with Gasteiger partial charge in [0, 0.05) is 0 Å². The van der Waals surface area contributed by atoms with Crippen LogP contribution in [-0.4, -0.2) is 5.11 Å². The molecule has 190 valence electrons. The van der Waals surface area contributed by atoms with Crippen molar-refractivity contribution >= 4 is 45.4 Å². The smallest absolute Gasteiger partial charge is 0.115 e. The van der Waals surface area contributed by atoms with E-state index < -0.39 is 7.92 Å². The molecule has 0 heterocycles. The molecule has 0 bridgehead atoms. The zero-order chi connectivity index (χ0) is 26.9. The zero-order valence-corrected chi connectivity index (χ0v) is 22.8. The average molecular weight is 531 g/mol. The summed E-state index contributed by atoms with van der Waals surface area (Å²) in [6.45, 7) is 0. The van der Waals surface area contributed by atoms with Gasteiger partial charge in [-0.1, -0.05) is 146 Å². The maximum Gasteiger partial charge on any atom is 0.115 e. The van der Waals surface area contributed by atoms with Gasteiger partial charge < -0.3 is 5.11 Å². The highest BCUT2D eigenvalue weighted by Gasteiger charge is 2.18. The molecule has 40 heavy (non-hydrogen) atoms. The summed E-state index contributed by atoms with van der Waals surface area (Å²) in [4.78, 5) is 0. The maximum atomic E-state index is 9.98. The van der Waals surface area contributed by atoms with E-state index in [1.807, 2.05) is 0 Å². The second-order valence-corrected chi connectivity index (χ2v) is 12.2. The number of rotatable bonds is 5. The molecule has 2 heteroatoms. The summed E-state index contributed by atoms with van der Waals surface area (Å²) in [5.41, 5.74) is 4.93. The van der Waals surface area contributed by atoms with Crippen molar-refractivity contribution in [3.8, 4) is 28.0 Å². The lowest BCUT2D eigenvalue weighted by molar-refractivity contribution is 0.475. The summed E-state index contributed by atoms with van der Waals surface area (Å²) in [7, 11) is -0.801. The van der Waals surface area contributed by atoms with E-state index in [9.17, 15) is 5.11 Å². The van der Waals surface area contributed by atoms with Gasteiger partial charge in [-0.25, -0.2) is 0 Å². The van der Waals surface area contributed by atoms with Crippen LogP contribution in [0, 0.1) is 0 Å². The minimum Gasteiger partial charge on any atom is -0.508 e. The summed E-state index contributed by atoms with van der Waals surface area (Å²) in [6, 6.07) is 55.9. The average Bonchev–Trinajstić information content (AvgIpc) is 3.02. The lowest BCUT2D eigenvalue weighted by atomic mass is 9.98. The van der Waals surface area contributed by atoms with Crippen LogP contribution in [-0.2, 0) is 0 Å².